The van der Waals surface area contributed by atoms with Gasteiger partial charge in [0.05, 0.1) is 0 Å². The van der Waals surface area contributed by atoms with Gasteiger partial charge in [-0.1, -0.05) is 28.1 Å². The number of nitrogens with two attached hydrogens (primary N) is 1. The van der Waals surface area contributed by atoms with Crippen LogP contribution < -0.4 is 5.73 Å². The summed E-state index contributed by atoms with van der Waals surface area (Å²) >= 11 is 3.04. The maximum atomic E-state index is 12.5. The average molecular weight is 308 g/mol. The molecule has 0 saturated carbocycles. The third kappa shape index (κ3) is 4.05. The van der Waals surface area contributed by atoms with Gasteiger partial charge in [-0.05, 0) is 18.1 Å². The molecule has 0 bridgehead atoms. The standard InChI is InChI=1S/C11H12BrF2NO2/c12-8-5-6(1-2-7(8)11(13)14)9(15)3-4-10(16)17/h1-2,5,9,11H,3-4,15H2,(H,16,17). The predicted octanol–water partition coefficient (Wildman–Crippen LogP) is 3.25. The molecule has 1 aromatic rings. The van der Waals surface area contributed by atoms with E-state index in [1.165, 1.54) is 18.2 Å². The normalized spacial score (nSPS) is 12.8. The molecule has 0 heterocycles. The van der Waals surface area contributed by atoms with Gasteiger partial charge in [-0.15, -0.1) is 0 Å². The molecule has 0 amide bonds. The van der Waals surface area contributed by atoms with E-state index in [1.54, 1.807) is 0 Å². The van der Waals surface area contributed by atoms with Crippen LogP contribution in [0.2, 0.25) is 0 Å². The van der Waals surface area contributed by atoms with Crippen molar-refractivity contribution in [1.29, 1.82) is 0 Å². The lowest BCUT2D eigenvalue weighted by Gasteiger charge is -2.12. The van der Waals surface area contributed by atoms with Crippen molar-refractivity contribution >= 4 is 21.9 Å². The highest BCUT2D eigenvalue weighted by molar-refractivity contribution is 9.10. The van der Waals surface area contributed by atoms with E-state index in [-0.39, 0.29) is 22.9 Å². The van der Waals surface area contributed by atoms with Gasteiger partial charge in [-0.3, -0.25) is 4.79 Å². The van der Waals surface area contributed by atoms with E-state index >= 15 is 0 Å². The van der Waals surface area contributed by atoms with Crippen molar-refractivity contribution in [2.75, 3.05) is 0 Å². The molecule has 17 heavy (non-hydrogen) atoms. The summed E-state index contributed by atoms with van der Waals surface area (Å²) in [6, 6.07) is 3.84. The Morgan fingerprint density at radius 1 is 1.47 bits per heavy atom. The first-order valence-corrected chi connectivity index (χ1v) is 5.76. The molecule has 1 rings (SSSR count). The predicted molar refractivity (Wildman–Crippen MR) is 62.9 cm³/mol. The van der Waals surface area contributed by atoms with E-state index in [2.05, 4.69) is 15.9 Å². The SMILES string of the molecule is NC(CCC(=O)O)c1ccc(C(F)F)c(Br)c1. The summed E-state index contributed by atoms with van der Waals surface area (Å²) in [5.41, 5.74) is 6.31. The zero-order valence-corrected chi connectivity index (χ0v) is 10.5. The molecule has 1 atom stereocenters. The number of hydrogen-bond acceptors (Lipinski definition) is 2. The van der Waals surface area contributed by atoms with Crippen LogP contribution in [0.3, 0.4) is 0 Å². The summed E-state index contributed by atoms with van der Waals surface area (Å²) in [4.78, 5) is 10.4. The monoisotopic (exact) mass is 307 g/mol. The molecule has 1 aromatic carbocycles. The second kappa shape index (κ2) is 6.07. The second-order valence-corrected chi connectivity index (χ2v) is 4.47. The lowest BCUT2D eigenvalue weighted by atomic mass is 10.0. The molecule has 0 aliphatic carbocycles. The number of alkyl halides is 2. The minimum absolute atomic E-state index is 0.0462. The summed E-state index contributed by atoms with van der Waals surface area (Å²) < 4.78 is 25.2. The number of carbonyl (C=O) groups is 1. The van der Waals surface area contributed by atoms with Gasteiger partial charge in [-0.2, -0.15) is 0 Å². The van der Waals surface area contributed by atoms with E-state index in [0.29, 0.717) is 5.56 Å². The van der Waals surface area contributed by atoms with Crippen LogP contribution in [0.4, 0.5) is 8.78 Å². The molecule has 0 aliphatic rings. The van der Waals surface area contributed by atoms with E-state index in [9.17, 15) is 13.6 Å². The second-order valence-electron chi connectivity index (χ2n) is 3.62. The molecule has 0 aromatic heterocycles. The van der Waals surface area contributed by atoms with E-state index in [4.69, 9.17) is 10.8 Å². The Labute approximate surface area is 106 Å². The summed E-state index contributed by atoms with van der Waals surface area (Å²) in [6.45, 7) is 0. The third-order valence-electron chi connectivity index (χ3n) is 2.36. The smallest absolute Gasteiger partial charge is 0.303 e. The molecular formula is C11H12BrF2NO2. The molecule has 0 spiro atoms. The van der Waals surface area contributed by atoms with Crippen molar-refractivity contribution in [2.45, 2.75) is 25.3 Å². The number of carboxylic acids is 1. The number of carboxylic acid groups (broad SMARTS) is 1. The fourth-order valence-electron chi connectivity index (χ4n) is 1.40. The molecular weight excluding hydrogens is 296 g/mol. The van der Waals surface area contributed by atoms with Crippen molar-refractivity contribution in [3.05, 3.63) is 33.8 Å². The summed E-state index contributed by atoms with van der Waals surface area (Å²) in [5, 5.41) is 8.52. The van der Waals surface area contributed by atoms with Crippen LogP contribution in [0.1, 0.15) is 36.4 Å². The van der Waals surface area contributed by atoms with Crippen molar-refractivity contribution < 1.29 is 18.7 Å². The quantitative estimate of drug-likeness (QED) is 0.877. The van der Waals surface area contributed by atoms with Crippen LogP contribution in [-0.4, -0.2) is 11.1 Å². The van der Waals surface area contributed by atoms with E-state index < -0.39 is 18.4 Å². The molecule has 3 nitrogen and oxygen atoms in total. The molecule has 1 unspecified atom stereocenters. The van der Waals surface area contributed by atoms with Crippen LogP contribution >= 0.6 is 15.9 Å². The fourth-order valence-corrected chi connectivity index (χ4v) is 1.97. The highest BCUT2D eigenvalue weighted by Crippen LogP contribution is 2.30. The van der Waals surface area contributed by atoms with E-state index in [0.717, 1.165) is 0 Å². The zero-order chi connectivity index (χ0) is 13.0. The number of halogens is 3. The molecule has 0 fully saturated rings. The first kappa shape index (κ1) is 14.1. The highest BCUT2D eigenvalue weighted by atomic mass is 79.9. The number of rotatable bonds is 5. The summed E-state index contributed by atoms with van der Waals surface area (Å²) in [6.07, 6.45) is -2.32. The van der Waals surface area contributed by atoms with Crippen LogP contribution in [0, 0.1) is 0 Å². The highest BCUT2D eigenvalue weighted by Gasteiger charge is 2.14. The Bertz CT molecular complexity index is 412. The van der Waals surface area contributed by atoms with Gasteiger partial charge in [0.25, 0.3) is 6.43 Å². The Balaban J connectivity index is 2.78. The molecule has 0 aliphatic heterocycles. The largest absolute Gasteiger partial charge is 0.481 e. The lowest BCUT2D eigenvalue weighted by Crippen LogP contribution is -2.12. The van der Waals surface area contributed by atoms with Gasteiger partial charge in [-0.25, -0.2) is 8.78 Å². The van der Waals surface area contributed by atoms with Gasteiger partial charge >= 0.3 is 5.97 Å². The summed E-state index contributed by atoms with van der Waals surface area (Å²) in [7, 11) is 0. The van der Waals surface area contributed by atoms with Gasteiger partial charge < -0.3 is 10.8 Å². The Morgan fingerprint density at radius 3 is 2.59 bits per heavy atom. The van der Waals surface area contributed by atoms with Crippen LogP contribution in [0.5, 0.6) is 0 Å². The summed E-state index contributed by atoms with van der Waals surface area (Å²) in [5.74, 6) is -0.927. The van der Waals surface area contributed by atoms with Crippen molar-refractivity contribution in [3.63, 3.8) is 0 Å². The molecule has 0 radical (unpaired) electrons. The van der Waals surface area contributed by atoms with Crippen molar-refractivity contribution in [1.82, 2.24) is 0 Å². The zero-order valence-electron chi connectivity index (χ0n) is 8.87. The van der Waals surface area contributed by atoms with Gasteiger partial charge in [0.1, 0.15) is 0 Å². The Morgan fingerprint density at radius 2 is 2.12 bits per heavy atom. The molecule has 6 heteroatoms. The average Bonchev–Trinajstić information content (AvgIpc) is 2.25. The van der Waals surface area contributed by atoms with Crippen LogP contribution in [-0.2, 0) is 4.79 Å². The van der Waals surface area contributed by atoms with Gasteiger partial charge in [0.15, 0.2) is 0 Å². The lowest BCUT2D eigenvalue weighted by molar-refractivity contribution is -0.137. The number of aliphatic carboxylic acids is 1. The van der Waals surface area contributed by atoms with Crippen LogP contribution in [0.15, 0.2) is 22.7 Å². The minimum Gasteiger partial charge on any atom is -0.481 e. The van der Waals surface area contributed by atoms with Crippen molar-refractivity contribution in [3.8, 4) is 0 Å². The Kier molecular flexibility index (Phi) is 5.02. The molecule has 3 N–H and O–H groups in total. The Hall–Kier alpha value is -1.01. The first-order chi connectivity index (χ1) is 7.91. The van der Waals surface area contributed by atoms with Gasteiger partial charge in [0, 0.05) is 22.5 Å². The van der Waals surface area contributed by atoms with E-state index in [1.807, 2.05) is 0 Å². The topological polar surface area (TPSA) is 63.3 Å². The maximum absolute atomic E-state index is 12.5. The maximum Gasteiger partial charge on any atom is 0.303 e. The number of hydrogen-bond donors (Lipinski definition) is 2. The minimum atomic E-state index is -2.55. The van der Waals surface area contributed by atoms with Crippen LogP contribution in [0.25, 0.3) is 0 Å². The first-order valence-electron chi connectivity index (χ1n) is 4.96. The third-order valence-corrected chi connectivity index (χ3v) is 3.04. The van der Waals surface area contributed by atoms with Crippen molar-refractivity contribution in [2.24, 2.45) is 5.73 Å². The van der Waals surface area contributed by atoms with Gasteiger partial charge in [0.2, 0.25) is 0 Å². The molecule has 94 valence electrons. The molecule has 0 saturated heterocycles. The number of benzene rings is 1. The fraction of sp³-hybridized carbons (Fsp3) is 0.364.